The molecule has 1 saturated heterocycles. The molecule has 6 nitrogen and oxygen atoms in total. The standard InChI is InChI=1S/C15H24N2O4S/c1-3-20-14-8-7-13(10-15(14)21-4-2)22(18,19)17-11-12-6-5-9-16-12/h7-8,10,12,16-17H,3-6,9,11H2,1-2H3. The summed E-state index contributed by atoms with van der Waals surface area (Å²) in [5, 5.41) is 3.27. The van der Waals surface area contributed by atoms with Gasteiger partial charge in [-0.15, -0.1) is 0 Å². The molecule has 1 aliphatic heterocycles. The first kappa shape index (κ1) is 17.1. The Bertz CT molecular complexity index is 583. The van der Waals surface area contributed by atoms with Gasteiger partial charge in [0.1, 0.15) is 0 Å². The van der Waals surface area contributed by atoms with Crippen LogP contribution < -0.4 is 19.5 Å². The molecule has 1 aromatic rings. The van der Waals surface area contributed by atoms with Gasteiger partial charge in [-0.2, -0.15) is 0 Å². The van der Waals surface area contributed by atoms with Gasteiger partial charge in [-0.3, -0.25) is 0 Å². The van der Waals surface area contributed by atoms with Gasteiger partial charge in [0.05, 0.1) is 18.1 Å². The number of hydrogen-bond acceptors (Lipinski definition) is 5. The molecule has 1 aromatic carbocycles. The smallest absolute Gasteiger partial charge is 0.240 e. The van der Waals surface area contributed by atoms with Crippen LogP contribution in [0, 0.1) is 0 Å². The highest BCUT2D eigenvalue weighted by molar-refractivity contribution is 7.89. The van der Waals surface area contributed by atoms with Crippen LogP contribution in [0.2, 0.25) is 0 Å². The van der Waals surface area contributed by atoms with Crippen molar-refractivity contribution in [2.24, 2.45) is 0 Å². The molecule has 0 amide bonds. The van der Waals surface area contributed by atoms with Crippen LogP contribution in [0.15, 0.2) is 23.1 Å². The molecule has 0 aliphatic carbocycles. The average molecular weight is 328 g/mol. The van der Waals surface area contributed by atoms with Crippen LogP contribution in [0.4, 0.5) is 0 Å². The van der Waals surface area contributed by atoms with Crippen LogP contribution in [0.3, 0.4) is 0 Å². The summed E-state index contributed by atoms with van der Waals surface area (Å²) in [7, 11) is -3.55. The minimum Gasteiger partial charge on any atom is -0.490 e. The molecule has 22 heavy (non-hydrogen) atoms. The van der Waals surface area contributed by atoms with Crippen LogP contribution >= 0.6 is 0 Å². The van der Waals surface area contributed by atoms with E-state index in [1.807, 2.05) is 13.8 Å². The third kappa shape index (κ3) is 4.34. The van der Waals surface area contributed by atoms with Crippen molar-refractivity contribution >= 4 is 10.0 Å². The first-order valence-electron chi connectivity index (χ1n) is 7.69. The monoisotopic (exact) mass is 328 g/mol. The summed E-state index contributed by atoms with van der Waals surface area (Å²) in [6.07, 6.45) is 2.08. The van der Waals surface area contributed by atoms with Crippen LogP contribution in [-0.2, 0) is 10.0 Å². The lowest BCUT2D eigenvalue weighted by Crippen LogP contribution is -2.37. The van der Waals surface area contributed by atoms with Gasteiger partial charge in [0.2, 0.25) is 10.0 Å². The van der Waals surface area contributed by atoms with Gasteiger partial charge < -0.3 is 14.8 Å². The van der Waals surface area contributed by atoms with E-state index in [4.69, 9.17) is 9.47 Å². The molecule has 1 unspecified atom stereocenters. The Morgan fingerprint density at radius 3 is 2.59 bits per heavy atom. The summed E-state index contributed by atoms with van der Waals surface area (Å²) in [6, 6.07) is 4.90. The van der Waals surface area contributed by atoms with Crippen molar-refractivity contribution in [2.45, 2.75) is 37.6 Å². The molecular formula is C15H24N2O4S. The van der Waals surface area contributed by atoms with E-state index in [-0.39, 0.29) is 10.9 Å². The molecule has 124 valence electrons. The van der Waals surface area contributed by atoms with Crippen molar-refractivity contribution in [1.29, 1.82) is 0 Å². The van der Waals surface area contributed by atoms with E-state index in [0.717, 1.165) is 19.4 Å². The second kappa shape index (κ2) is 7.80. The lowest BCUT2D eigenvalue weighted by molar-refractivity contribution is 0.287. The zero-order valence-electron chi connectivity index (χ0n) is 13.1. The summed E-state index contributed by atoms with van der Waals surface area (Å²) < 4.78 is 38.3. The lowest BCUT2D eigenvalue weighted by atomic mass is 10.2. The SMILES string of the molecule is CCOc1ccc(S(=O)(=O)NCC2CCCN2)cc1OCC. The van der Waals surface area contributed by atoms with E-state index in [2.05, 4.69) is 10.0 Å². The number of rotatable bonds is 8. The fourth-order valence-electron chi connectivity index (χ4n) is 2.42. The fraction of sp³-hybridized carbons (Fsp3) is 0.600. The quantitative estimate of drug-likeness (QED) is 0.756. The van der Waals surface area contributed by atoms with E-state index in [9.17, 15) is 8.42 Å². The molecule has 0 bridgehead atoms. The van der Waals surface area contributed by atoms with E-state index in [0.29, 0.717) is 31.3 Å². The number of nitrogens with one attached hydrogen (secondary N) is 2. The minimum atomic E-state index is -3.55. The van der Waals surface area contributed by atoms with Gasteiger partial charge in [0, 0.05) is 18.7 Å². The van der Waals surface area contributed by atoms with Gasteiger partial charge in [-0.25, -0.2) is 13.1 Å². The van der Waals surface area contributed by atoms with Crippen LogP contribution in [0.5, 0.6) is 11.5 Å². The first-order valence-corrected chi connectivity index (χ1v) is 9.17. The molecule has 0 saturated carbocycles. The molecule has 2 rings (SSSR count). The third-order valence-corrected chi connectivity index (χ3v) is 4.93. The van der Waals surface area contributed by atoms with Gasteiger partial charge in [0.25, 0.3) is 0 Å². The minimum absolute atomic E-state index is 0.192. The van der Waals surface area contributed by atoms with Crippen molar-refractivity contribution in [3.05, 3.63) is 18.2 Å². The van der Waals surface area contributed by atoms with E-state index in [1.165, 1.54) is 12.1 Å². The summed E-state index contributed by atoms with van der Waals surface area (Å²) in [6.45, 7) is 6.02. The number of sulfonamides is 1. The summed E-state index contributed by atoms with van der Waals surface area (Å²) in [4.78, 5) is 0.192. The highest BCUT2D eigenvalue weighted by Crippen LogP contribution is 2.30. The van der Waals surface area contributed by atoms with E-state index < -0.39 is 10.0 Å². The normalized spacial score (nSPS) is 18.4. The van der Waals surface area contributed by atoms with Crippen molar-refractivity contribution in [2.75, 3.05) is 26.3 Å². The Labute approximate surface area is 132 Å². The molecular weight excluding hydrogens is 304 g/mol. The van der Waals surface area contributed by atoms with Crippen molar-refractivity contribution in [1.82, 2.24) is 10.0 Å². The predicted octanol–water partition coefficient (Wildman–Crippen LogP) is 1.51. The van der Waals surface area contributed by atoms with E-state index >= 15 is 0 Å². The molecule has 0 aromatic heterocycles. The number of ether oxygens (including phenoxy) is 2. The summed E-state index contributed by atoms with van der Waals surface area (Å²) in [5.74, 6) is 1.01. The van der Waals surface area contributed by atoms with Crippen LogP contribution in [0.25, 0.3) is 0 Å². The zero-order chi connectivity index (χ0) is 16.0. The second-order valence-corrected chi connectivity index (χ2v) is 6.89. The average Bonchev–Trinajstić information content (AvgIpc) is 3.01. The lowest BCUT2D eigenvalue weighted by Gasteiger charge is -2.14. The van der Waals surface area contributed by atoms with Crippen molar-refractivity contribution in [3.63, 3.8) is 0 Å². The third-order valence-electron chi connectivity index (χ3n) is 3.51. The van der Waals surface area contributed by atoms with Crippen molar-refractivity contribution in [3.8, 4) is 11.5 Å². The maximum atomic E-state index is 12.4. The molecule has 1 atom stereocenters. The second-order valence-electron chi connectivity index (χ2n) is 5.12. The molecule has 0 radical (unpaired) electrons. The van der Waals surface area contributed by atoms with Crippen LogP contribution in [0.1, 0.15) is 26.7 Å². The molecule has 7 heteroatoms. The first-order chi connectivity index (χ1) is 10.6. The maximum absolute atomic E-state index is 12.4. The molecule has 0 spiro atoms. The molecule has 1 aliphatic rings. The van der Waals surface area contributed by atoms with Crippen molar-refractivity contribution < 1.29 is 17.9 Å². The largest absolute Gasteiger partial charge is 0.490 e. The highest BCUT2D eigenvalue weighted by atomic mass is 32.2. The van der Waals surface area contributed by atoms with Gasteiger partial charge in [-0.05, 0) is 45.4 Å². The topological polar surface area (TPSA) is 76.7 Å². The molecule has 2 N–H and O–H groups in total. The van der Waals surface area contributed by atoms with Gasteiger partial charge in [0.15, 0.2) is 11.5 Å². The number of benzene rings is 1. The fourth-order valence-corrected chi connectivity index (χ4v) is 3.52. The maximum Gasteiger partial charge on any atom is 0.240 e. The highest BCUT2D eigenvalue weighted by Gasteiger charge is 2.20. The Kier molecular flexibility index (Phi) is 6.05. The zero-order valence-corrected chi connectivity index (χ0v) is 13.9. The van der Waals surface area contributed by atoms with Gasteiger partial charge in [-0.1, -0.05) is 0 Å². The molecule has 1 fully saturated rings. The predicted molar refractivity (Wildman–Crippen MR) is 85.0 cm³/mol. The number of hydrogen-bond donors (Lipinski definition) is 2. The Balaban J connectivity index is 2.13. The Hall–Kier alpha value is -1.31. The van der Waals surface area contributed by atoms with Crippen LogP contribution in [-0.4, -0.2) is 40.8 Å². The summed E-state index contributed by atoms with van der Waals surface area (Å²) in [5.41, 5.74) is 0. The van der Waals surface area contributed by atoms with Gasteiger partial charge >= 0.3 is 0 Å². The Morgan fingerprint density at radius 1 is 1.23 bits per heavy atom. The Morgan fingerprint density at radius 2 is 1.95 bits per heavy atom. The summed E-state index contributed by atoms with van der Waals surface area (Å²) >= 11 is 0. The molecule has 1 heterocycles. The van der Waals surface area contributed by atoms with E-state index in [1.54, 1.807) is 6.07 Å².